The van der Waals surface area contributed by atoms with E-state index in [9.17, 15) is 9.18 Å². The van der Waals surface area contributed by atoms with Crippen LogP contribution in [0.25, 0.3) is 0 Å². The summed E-state index contributed by atoms with van der Waals surface area (Å²) in [6.07, 6.45) is -0.275. The lowest BCUT2D eigenvalue weighted by Crippen LogP contribution is -2.52. The molecule has 0 radical (unpaired) electrons. The quantitative estimate of drug-likeness (QED) is 0.771. The fraction of sp³-hybridized carbons (Fsp3) is 0.562. The van der Waals surface area contributed by atoms with Gasteiger partial charge in [-0.15, -0.1) is 24.8 Å². The van der Waals surface area contributed by atoms with Crippen molar-refractivity contribution in [2.75, 3.05) is 40.3 Å². The third-order valence-electron chi connectivity index (χ3n) is 3.74. The Kier molecular flexibility index (Phi) is 10.8. The molecular weight excluding hydrogens is 372 g/mol. The number of carboxylic acid groups (broad SMARTS) is 1. The van der Waals surface area contributed by atoms with Crippen LogP contribution in [0.5, 0.6) is 5.75 Å². The summed E-state index contributed by atoms with van der Waals surface area (Å²) in [4.78, 5) is 14.3. The predicted octanol–water partition coefficient (Wildman–Crippen LogP) is 2.45. The zero-order valence-corrected chi connectivity index (χ0v) is 16.0. The number of amides is 1. The van der Waals surface area contributed by atoms with Crippen LogP contribution >= 0.6 is 24.8 Å². The van der Waals surface area contributed by atoms with Crippen LogP contribution in [-0.4, -0.2) is 67.4 Å². The molecule has 1 saturated heterocycles. The molecule has 1 heterocycles. The maximum Gasteiger partial charge on any atom is 0.407 e. The standard InChI is InChI=1S/C16H24FN3O3.2ClH/c1-19(2)10-12-3-4-15(14(17)9-12)23-8-5-13-11-20(16(21)22)7-6-18-13;;/h3-4,9,13,18H,5-8,10-11H2,1-2H3,(H,21,22);2*1H. The summed E-state index contributed by atoms with van der Waals surface area (Å²) in [5.41, 5.74) is 0.894. The lowest BCUT2D eigenvalue weighted by atomic mass is 10.1. The highest BCUT2D eigenvalue weighted by Gasteiger charge is 2.22. The van der Waals surface area contributed by atoms with Crippen molar-refractivity contribution >= 4 is 30.9 Å². The molecule has 1 unspecified atom stereocenters. The number of hydrogen-bond donors (Lipinski definition) is 2. The maximum absolute atomic E-state index is 14.0. The summed E-state index contributed by atoms with van der Waals surface area (Å²) in [6, 6.07) is 5.02. The molecule has 2 N–H and O–H groups in total. The second-order valence-electron chi connectivity index (χ2n) is 6.02. The number of carbonyl (C=O) groups is 1. The minimum absolute atomic E-state index is 0. The molecule has 0 aromatic heterocycles. The topological polar surface area (TPSA) is 65.0 Å². The maximum atomic E-state index is 14.0. The third-order valence-corrected chi connectivity index (χ3v) is 3.74. The van der Waals surface area contributed by atoms with Gasteiger partial charge in [-0.1, -0.05) is 6.07 Å². The monoisotopic (exact) mass is 397 g/mol. The Morgan fingerprint density at radius 3 is 2.76 bits per heavy atom. The molecule has 1 amide bonds. The number of rotatable bonds is 6. The van der Waals surface area contributed by atoms with Gasteiger partial charge in [0.05, 0.1) is 6.61 Å². The average molecular weight is 398 g/mol. The van der Waals surface area contributed by atoms with Crippen LogP contribution in [0.15, 0.2) is 18.2 Å². The molecule has 1 fully saturated rings. The SMILES string of the molecule is CN(C)Cc1ccc(OCCC2CN(C(=O)O)CCN2)c(F)c1.Cl.Cl. The van der Waals surface area contributed by atoms with Gasteiger partial charge in [0.2, 0.25) is 0 Å². The molecular formula is C16H26Cl2FN3O3. The molecule has 0 aliphatic carbocycles. The van der Waals surface area contributed by atoms with Gasteiger partial charge in [-0.2, -0.15) is 0 Å². The normalized spacial score (nSPS) is 16.8. The number of piperazine rings is 1. The predicted molar refractivity (Wildman–Crippen MR) is 99.8 cm³/mol. The first-order valence-electron chi connectivity index (χ1n) is 7.73. The summed E-state index contributed by atoms with van der Waals surface area (Å²) in [6.45, 7) is 2.57. The Bertz CT molecular complexity index is 549. The lowest BCUT2D eigenvalue weighted by molar-refractivity contribution is 0.124. The van der Waals surface area contributed by atoms with Crippen LogP contribution in [0.3, 0.4) is 0 Å². The molecule has 0 saturated carbocycles. The van der Waals surface area contributed by atoms with Gasteiger partial charge in [-0.25, -0.2) is 9.18 Å². The Hall–Kier alpha value is -1.28. The largest absolute Gasteiger partial charge is 0.490 e. The van der Waals surface area contributed by atoms with Crippen molar-refractivity contribution in [3.8, 4) is 5.75 Å². The minimum atomic E-state index is -0.903. The van der Waals surface area contributed by atoms with Crippen LogP contribution < -0.4 is 10.1 Å². The summed E-state index contributed by atoms with van der Waals surface area (Å²) in [5, 5.41) is 12.2. The fourth-order valence-corrected chi connectivity index (χ4v) is 2.63. The number of benzene rings is 1. The van der Waals surface area contributed by atoms with Crippen LogP contribution in [0.4, 0.5) is 9.18 Å². The molecule has 1 atom stereocenters. The van der Waals surface area contributed by atoms with E-state index in [1.165, 1.54) is 11.0 Å². The number of halogens is 3. The van der Waals surface area contributed by atoms with Gasteiger partial charge in [-0.3, -0.25) is 0 Å². The molecule has 9 heteroatoms. The summed E-state index contributed by atoms with van der Waals surface area (Å²) in [5.74, 6) is -0.133. The highest BCUT2D eigenvalue weighted by molar-refractivity contribution is 5.85. The number of nitrogens with zero attached hydrogens (tertiary/aromatic N) is 2. The van der Waals surface area contributed by atoms with Crippen molar-refractivity contribution in [2.24, 2.45) is 0 Å². The molecule has 1 aliphatic heterocycles. The van der Waals surface area contributed by atoms with E-state index < -0.39 is 6.09 Å². The van der Waals surface area contributed by atoms with Gasteiger partial charge < -0.3 is 25.0 Å². The molecule has 2 rings (SSSR count). The highest BCUT2D eigenvalue weighted by atomic mass is 35.5. The summed E-state index contributed by atoms with van der Waals surface area (Å²) >= 11 is 0. The molecule has 1 aromatic carbocycles. The summed E-state index contributed by atoms with van der Waals surface area (Å²) < 4.78 is 19.5. The number of ether oxygens (including phenoxy) is 1. The van der Waals surface area contributed by atoms with Crippen molar-refractivity contribution in [1.82, 2.24) is 15.1 Å². The van der Waals surface area contributed by atoms with Gasteiger partial charge in [0, 0.05) is 32.2 Å². The van der Waals surface area contributed by atoms with E-state index in [2.05, 4.69) is 5.32 Å². The van der Waals surface area contributed by atoms with Gasteiger partial charge in [0.1, 0.15) is 0 Å². The second-order valence-corrected chi connectivity index (χ2v) is 6.02. The van der Waals surface area contributed by atoms with Crippen molar-refractivity contribution in [3.63, 3.8) is 0 Å². The van der Waals surface area contributed by atoms with Gasteiger partial charge in [0.15, 0.2) is 11.6 Å². The minimum Gasteiger partial charge on any atom is -0.490 e. The Morgan fingerprint density at radius 2 is 2.16 bits per heavy atom. The van der Waals surface area contributed by atoms with E-state index in [4.69, 9.17) is 9.84 Å². The zero-order chi connectivity index (χ0) is 16.8. The van der Waals surface area contributed by atoms with Crippen LogP contribution in [0.1, 0.15) is 12.0 Å². The van der Waals surface area contributed by atoms with Gasteiger partial charge in [0.25, 0.3) is 0 Å². The van der Waals surface area contributed by atoms with E-state index in [1.54, 1.807) is 6.07 Å². The van der Waals surface area contributed by atoms with Crippen LogP contribution in [0, 0.1) is 5.82 Å². The first kappa shape index (κ1) is 23.7. The van der Waals surface area contributed by atoms with Gasteiger partial charge in [-0.05, 0) is 38.2 Å². The smallest absolute Gasteiger partial charge is 0.407 e. The van der Waals surface area contributed by atoms with Crippen molar-refractivity contribution in [2.45, 2.75) is 19.0 Å². The first-order valence-corrected chi connectivity index (χ1v) is 7.73. The molecule has 144 valence electrons. The number of nitrogens with one attached hydrogen (secondary N) is 1. The second kappa shape index (κ2) is 11.4. The van der Waals surface area contributed by atoms with Crippen LogP contribution in [0.2, 0.25) is 0 Å². The Morgan fingerprint density at radius 1 is 1.44 bits per heavy atom. The Balaban J connectivity index is 0.00000288. The van der Waals surface area contributed by atoms with Gasteiger partial charge >= 0.3 is 6.09 Å². The van der Waals surface area contributed by atoms with Crippen molar-refractivity contribution < 1.29 is 19.0 Å². The van der Waals surface area contributed by atoms with E-state index in [0.29, 0.717) is 39.2 Å². The first-order chi connectivity index (χ1) is 11.0. The third kappa shape index (κ3) is 7.64. The molecule has 25 heavy (non-hydrogen) atoms. The highest BCUT2D eigenvalue weighted by Crippen LogP contribution is 2.19. The summed E-state index contributed by atoms with van der Waals surface area (Å²) in [7, 11) is 3.86. The van der Waals surface area contributed by atoms with E-state index in [0.717, 1.165) is 5.56 Å². The lowest BCUT2D eigenvalue weighted by Gasteiger charge is -2.31. The molecule has 1 aromatic rings. The van der Waals surface area contributed by atoms with E-state index in [-0.39, 0.29) is 42.4 Å². The van der Waals surface area contributed by atoms with E-state index in [1.807, 2.05) is 25.1 Å². The molecule has 1 aliphatic rings. The molecule has 6 nitrogen and oxygen atoms in total. The van der Waals surface area contributed by atoms with Crippen molar-refractivity contribution in [3.05, 3.63) is 29.6 Å². The van der Waals surface area contributed by atoms with Crippen molar-refractivity contribution in [1.29, 1.82) is 0 Å². The molecule has 0 bridgehead atoms. The van der Waals surface area contributed by atoms with Crippen LogP contribution in [-0.2, 0) is 6.54 Å². The fourth-order valence-electron chi connectivity index (χ4n) is 2.63. The Labute approximate surface area is 160 Å². The zero-order valence-electron chi connectivity index (χ0n) is 14.4. The van der Waals surface area contributed by atoms with E-state index >= 15 is 0 Å². The number of hydrogen-bond acceptors (Lipinski definition) is 4. The average Bonchev–Trinajstić information content (AvgIpc) is 2.49. The molecule has 0 spiro atoms.